The molecule has 0 amide bonds. The van der Waals surface area contributed by atoms with E-state index in [2.05, 4.69) is 87.9 Å². The van der Waals surface area contributed by atoms with Gasteiger partial charge in [0.05, 0.1) is 0 Å². The van der Waals surface area contributed by atoms with E-state index in [-0.39, 0.29) is 5.41 Å². The number of aryl methyl sites for hydroxylation is 1. The highest BCUT2D eigenvalue weighted by Gasteiger charge is 2.47. The second-order valence-electron chi connectivity index (χ2n) is 9.95. The van der Waals surface area contributed by atoms with Gasteiger partial charge in [-0.25, -0.2) is 0 Å². The summed E-state index contributed by atoms with van der Waals surface area (Å²) >= 11 is 0. The van der Waals surface area contributed by atoms with Crippen LogP contribution >= 0.6 is 0 Å². The van der Waals surface area contributed by atoms with Crippen LogP contribution in [0.3, 0.4) is 0 Å². The van der Waals surface area contributed by atoms with E-state index in [9.17, 15) is 0 Å². The van der Waals surface area contributed by atoms with Crippen molar-refractivity contribution in [3.8, 4) is 5.75 Å². The van der Waals surface area contributed by atoms with Crippen molar-refractivity contribution in [3.05, 3.63) is 58.2 Å². The van der Waals surface area contributed by atoms with E-state index < -0.39 is 8.07 Å². The van der Waals surface area contributed by atoms with Crippen molar-refractivity contribution < 1.29 is 4.74 Å². The van der Waals surface area contributed by atoms with Gasteiger partial charge in [0, 0.05) is 5.54 Å². The molecular formula is C27H42OSi. The van der Waals surface area contributed by atoms with E-state index in [1.807, 2.05) is 6.08 Å². The van der Waals surface area contributed by atoms with E-state index >= 15 is 0 Å². The van der Waals surface area contributed by atoms with Gasteiger partial charge in [0.1, 0.15) is 20.4 Å². The van der Waals surface area contributed by atoms with Gasteiger partial charge >= 0.3 is 0 Å². The third kappa shape index (κ3) is 4.06. The number of benzene rings is 1. The summed E-state index contributed by atoms with van der Waals surface area (Å²) in [4.78, 5) is 0. The fourth-order valence-electron chi connectivity index (χ4n) is 5.37. The quantitative estimate of drug-likeness (QED) is 0.332. The fraction of sp³-hybridized carbons (Fsp3) is 0.556. The Morgan fingerprint density at radius 3 is 1.90 bits per heavy atom. The van der Waals surface area contributed by atoms with Crippen LogP contribution in [-0.2, 0) is 5.41 Å². The van der Waals surface area contributed by atoms with E-state index in [4.69, 9.17) is 4.74 Å². The van der Waals surface area contributed by atoms with Crippen molar-refractivity contribution in [1.29, 1.82) is 0 Å². The van der Waals surface area contributed by atoms with Crippen molar-refractivity contribution in [2.75, 3.05) is 6.61 Å². The second-order valence-corrected chi connectivity index (χ2v) is 14.8. The third-order valence-corrected chi connectivity index (χ3v) is 13.3. The predicted molar refractivity (Wildman–Crippen MR) is 132 cm³/mol. The molecule has 0 saturated heterocycles. The summed E-state index contributed by atoms with van der Waals surface area (Å²) < 4.78 is 6.48. The van der Waals surface area contributed by atoms with Gasteiger partial charge in [-0.3, -0.25) is 0 Å². The van der Waals surface area contributed by atoms with Gasteiger partial charge in [0.25, 0.3) is 0 Å². The lowest BCUT2D eigenvalue weighted by Crippen LogP contribution is -2.52. The van der Waals surface area contributed by atoms with Crippen LogP contribution in [0.1, 0.15) is 73.4 Å². The largest absolute Gasteiger partial charge is 0.489 e. The Morgan fingerprint density at radius 1 is 0.966 bits per heavy atom. The molecule has 0 heterocycles. The van der Waals surface area contributed by atoms with Crippen molar-refractivity contribution in [3.63, 3.8) is 0 Å². The Hall–Kier alpha value is -1.54. The minimum atomic E-state index is -1.91. The minimum Gasteiger partial charge on any atom is -0.489 e. The second kappa shape index (κ2) is 8.68. The number of hydrogen-bond donors (Lipinski definition) is 0. The monoisotopic (exact) mass is 410 g/mol. The predicted octanol–water partition coefficient (Wildman–Crippen LogP) is 7.61. The smallest absolute Gasteiger partial charge is 0.122 e. The van der Waals surface area contributed by atoms with Crippen LogP contribution in [0.15, 0.2) is 47.1 Å². The summed E-state index contributed by atoms with van der Waals surface area (Å²) in [5.41, 5.74) is 9.47. The summed E-state index contributed by atoms with van der Waals surface area (Å²) in [5, 5.41) is 1.51. The van der Waals surface area contributed by atoms with Crippen LogP contribution < -0.4 is 9.92 Å². The van der Waals surface area contributed by atoms with Crippen molar-refractivity contribution in [2.24, 2.45) is 0 Å². The molecule has 0 spiro atoms. The van der Waals surface area contributed by atoms with Gasteiger partial charge in [-0.1, -0.05) is 88.2 Å². The Morgan fingerprint density at radius 2 is 1.48 bits per heavy atom. The molecule has 2 heteroatoms. The Bertz CT molecular complexity index is 820. The number of hydrogen-bond acceptors (Lipinski definition) is 1. The molecule has 0 atom stereocenters. The molecule has 1 aromatic carbocycles. The summed E-state index contributed by atoms with van der Waals surface area (Å²) in [5.74, 6) is 1.14. The minimum absolute atomic E-state index is 0.0379. The first kappa shape index (κ1) is 23.7. The SMILES string of the molecule is C=CCOc1c(C(C)(C)C)cc(C)cc1[Si](CC)(CC)C1C(C)=C(C)C(C)=C1C. The van der Waals surface area contributed by atoms with Crippen LogP contribution in [-0.4, -0.2) is 14.7 Å². The highest BCUT2D eigenvalue weighted by atomic mass is 28.3. The van der Waals surface area contributed by atoms with Crippen LogP contribution in [0.5, 0.6) is 5.75 Å². The normalized spacial score (nSPS) is 16.1. The molecule has 0 N–H and O–H groups in total. The maximum Gasteiger partial charge on any atom is 0.122 e. The molecule has 160 valence electrons. The average molecular weight is 411 g/mol. The summed E-state index contributed by atoms with van der Waals surface area (Å²) in [6.07, 6.45) is 1.87. The van der Waals surface area contributed by atoms with Crippen molar-refractivity contribution >= 4 is 13.3 Å². The molecule has 0 saturated carbocycles. The van der Waals surface area contributed by atoms with Gasteiger partial charge in [0.2, 0.25) is 0 Å². The molecule has 1 aliphatic rings. The molecule has 1 nitrogen and oxygen atoms in total. The Labute approximate surface area is 181 Å². The molecule has 0 aromatic heterocycles. The first-order valence-electron chi connectivity index (χ1n) is 11.2. The molecule has 0 bridgehead atoms. The molecule has 2 rings (SSSR count). The van der Waals surface area contributed by atoms with E-state index in [1.165, 1.54) is 39.5 Å². The van der Waals surface area contributed by atoms with Crippen LogP contribution in [0.4, 0.5) is 0 Å². The van der Waals surface area contributed by atoms with Crippen LogP contribution in [0.25, 0.3) is 0 Å². The highest BCUT2D eigenvalue weighted by Crippen LogP contribution is 2.50. The maximum atomic E-state index is 6.48. The number of ether oxygens (including phenoxy) is 1. The van der Waals surface area contributed by atoms with E-state index in [0.717, 1.165) is 5.75 Å². The van der Waals surface area contributed by atoms with Gasteiger partial charge in [-0.05, 0) is 61.9 Å². The van der Waals surface area contributed by atoms with Crippen molar-refractivity contribution in [2.45, 2.75) is 92.3 Å². The lowest BCUT2D eigenvalue weighted by atomic mass is 9.85. The fourth-order valence-corrected chi connectivity index (χ4v) is 11.0. The van der Waals surface area contributed by atoms with Gasteiger partial charge < -0.3 is 4.74 Å². The Balaban J connectivity index is 2.90. The lowest BCUT2D eigenvalue weighted by Gasteiger charge is -2.41. The zero-order valence-electron chi connectivity index (χ0n) is 20.5. The van der Waals surface area contributed by atoms with Crippen LogP contribution in [0.2, 0.25) is 17.6 Å². The zero-order valence-corrected chi connectivity index (χ0v) is 21.5. The molecule has 0 unspecified atom stereocenters. The summed E-state index contributed by atoms with van der Waals surface area (Å²) in [6.45, 7) is 27.8. The van der Waals surface area contributed by atoms with Gasteiger partial charge in [-0.15, -0.1) is 0 Å². The summed E-state index contributed by atoms with van der Waals surface area (Å²) in [7, 11) is -1.91. The molecular weight excluding hydrogens is 368 g/mol. The van der Waals surface area contributed by atoms with Gasteiger partial charge in [-0.2, -0.15) is 0 Å². The van der Waals surface area contributed by atoms with E-state index in [1.54, 1.807) is 11.1 Å². The molecule has 1 aliphatic carbocycles. The van der Waals surface area contributed by atoms with Crippen LogP contribution in [0, 0.1) is 6.92 Å². The molecule has 0 fully saturated rings. The van der Waals surface area contributed by atoms with E-state index in [0.29, 0.717) is 12.1 Å². The number of rotatable bonds is 7. The topological polar surface area (TPSA) is 9.23 Å². The number of allylic oxidation sites excluding steroid dienone is 4. The first-order valence-corrected chi connectivity index (χ1v) is 13.7. The average Bonchev–Trinajstić information content (AvgIpc) is 2.85. The molecule has 29 heavy (non-hydrogen) atoms. The Kier molecular flexibility index (Phi) is 7.10. The zero-order chi connectivity index (χ0) is 22.1. The molecule has 0 radical (unpaired) electrons. The summed E-state index contributed by atoms with van der Waals surface area (Å²) in [6, 6.07) is 7.24. The van der Waals surface area contributed by atoms with Crippen molar-refractivity contribution in [1.82, 2.24) is 0 Å². The highest BCUT2D eigenvalue weighted by molar-refractivity contribution is 6.94. The molecule has 1 aromatic rings. The third-order valence-electron chi connectivity index (χ3n) is 7.35. The molecule has 0 aliphatic heterocycles. The standard InChI is InChI=1S/C27H42OSi/c1-12-15-28-25-23(27(9,10)11)16-18(4)17-24(25)29(13-2,14-3)26-21(7)19(5)20(6)22(26)8/h12,16-17,26H,1,13-15H2,2-11H3. The maximum absolute atomic E-state index is 6.48. The lowest BCUT2D eigenvalue weighted by molar-refractivity contribution is 0.353. The van der Waals surface area contributed by atoms with Gasteiger partial charge in [0.15, 0.2) is 0 Å². The first-order chi connectivity index (χ1) is 13.5.